The highest BCUT2D eigenvalue weighted by Crippen LogP contribution is 2.30. The number of fused-ring (bicyclic) bond motifs is 1. The van der Waals surface area contributed by atoms with E-state index in [0.717, 1.165) is 16.3 Å². The Labute approximate surface area is 162 Å². The van der Waals surface area contributed by atoms with Gasteiger partial charge in [-0.15, -0.1) is 0 Å². The molecular formula is C23H17N3O2. The fraction of sp³-hybridized carbons (Fsp3) is 0.0435. The molecule has 4 aromatic rings. The van der Waals surface area contributed by atoms with Gasteiger partial charge in [0, 0.05) is 28.2 Å². The number of rotatable bonds is 4. The molecule has 0 saturated heterocycles. The minimum Gasteiger partial charge on any atom is -0.494 e. The number of nitriles is 1. The van der Waals surface area contributed by atoms with Crippen molar-refractivity contribution in [1.29, 1.82) is 5.26 Å². The van der Waals surface area contributed by atoms with Crippen molar-refractivity contribution in [3.8, 4) is 11.9 Å². The van der Waals surface area contributed by atoms with Crippen molar-refractivity contribution in [2.75, 3.05) is 5.32 Å². The van der Waals surface area contributed by atoms with Crippen molar-refractivity contribution in [3.63, 3.8) is 0 Å². The van der Waals surface area contributed by atoms with E-state index in [1.54, 1.807) is 41.0 Å². The zero-order valence-electron chi connectivity index (χ0n) is 15.0. The summed E-state index contributed by atoms with van der Waals surface area (Å²) in [7, 11) is 0. The van der Waals surface area contributed by atoms with Gasteiger partial charge in [0.05, 0.1) is 18.2 Å². The Kier molecular flexibility index (Phi) is 4.53. The number of aromatic nitrogens is 1. The number of hydrogen-bond acceptors (Lipinski definition) is 3. The lowest BCUT2D eigenvalue weighted by atomic mass is 10.1. The van der Waals surface area contributed by atoms with Gasteiger partial charge in [-0.05, 0) is 48.0 Å². The number of amides is 1. The van der Waals surface area contributed by atoms with Crippen LogP contribution >= 0.6 is 0 Å². The van der Waals surface area contributed by atoms with E-state index < -0.39 is 0 Å². The van der Waals surface area contributed by atoms with Gasteiger partial charge >= 0.3 is 0 Å². The van der Waals surface area contributed by atoms with Crippen LogP contribution in [0.2, 0.25) is 0 Å². The van der Waals surface area contributed by atoms with Gasteiger partial charge in [-0.25, -0.2) is 0 Å². The van der Waals surface area contributed by atoms with Gasteiger partial charge in [-0.1, -0.05) is 30.3 Å². The first kappa shape index (κ1) is 17.4. The summed E-state index contributed by atoms with van der Waals surface area (Å²) in [4.78, 5) is 12.4. The highest BCUT2D eigenvalue weighted by molar-refractivity contribution is 6.05. The standard InChI is InChI=1S/C23H17N3O2/c24-13-16-6-8-18(9-7-16)22(27)25-20-10-11-21-19(12-20)15-26(23(21)28)14-17-4-2-1-3-5-17/h1-12,15,28H,14H2,(H,25,27). The molecule has 5 heteroatoms. The number of anilines is 1. The molecule has 0 fully saturated rings. The highest BCUT2D eigenvalue weighted by atomic mass is 16.3. The molecule has 28 heavy (non-hydrogen) atoms. The molecule has 4 rings (SSSR count). The maximum absolute atomic E-state index is 12.4. The Hall–Kier alpha value is -4.04. The van der Waals surface area contributed by atoms with E-state index in [1.807, 2.05) is 48.7 Å². The zero-order chi connectivity index (χ0) is 19.5. The molecule has 5 nitrogen and oxygen atoms in total. The normalized spacial score (nSPS) is 10.5. The summed E-state index contributed by atoms with van der Waals surface area (Å²) in [5, 5.41) is 23.8. The molecule has 1 heterocycles. The molecule has 0 unspecified atom stereocenters. The number of aromatic hydroxyl groups is 1. The van der Waals surface area contributed by atoms with Crippen LogP contribution in [0.4, 0.5) is 5.69 Å². The Balaban J connectivity index is 1.57. The van der Waals surface area contributed by atoms with Crippen molar-refractivity contribution >= 4 is 22.4 Å². The van der Waals surface area contributed by atoms with E-state index >= 15 is 0 Å². The Morgan fingerprint density at radius 3 is 2.50 bits per heavy atom. The van der Waals surface area contributed by atoms with Crippen molar-refractivity contribution < 1.29 is 9.90 Å². The predicted molar refractivity (Wildman–Crippen MR) is 108 cm³/mol. The Morgan fingerprint density at radius 2 is 1.79 bits per heavy atom. The van der Waals surface area contributed by atoms with Crippen LogP contribution in [0, 0.1) is 11.3 Å². The van der Waals surface area contributed by atoms with Gasteiger partial charge in [0.1, 0.15) is 0 Å². The second-order valence-corrected chi connectivity index (χ2v) is 6.51. The number of carbonyl (C=O) groups excluding carboxylic acids is 1. The largest absolute Gasteiger partial charge is 0.494 e. The fourth-order valence-electron chi connectivity index (χ4n) is 3.13. The average molecular weight is 367 g/mol. The molecule has 0 radical (unpaired) electrons. The molecule has 0 saturated carbocycles. The van der Waals surface area contributed by atoms with Gasteiger partial charge < -0.3 is 15.0 Å². The topological polar surface area (TPSA) is 78.1 Å². The number of carbonyl (C=O) groups is 1. The molecule has 0 atom stereocenters. The smallest absolute Gasteiger partial charge is 0.255 e. The number of hydrogen-bond donors (Lipinski definition) is 2. The number of nitrogens with zero attached hydrogens (tertiary/aromatic N) is 2. The number of nitrogens with one attached hydrogen (secondary N) is 1. The summed E-state index contributed by atoms with van der Waals surface area (Å²) < 4.78 is 1.78. The maximum atomic E-state index is 12.4. The number of benzene rings is 3. The molecule has 2 N–H and O–H groups in total. The van der Waals surface area contributed by atoms with Crippen LogP contribution in [-0.2, 0) is 6.54 Å². The summed E-state index contributed by atoms with van der Waals surface area (Å²) in [5.41, 5.74) is 2.71. The van der Waals surface area contributed by atoms with Crippen LogP contribution in [0.3, 0.4) is 0 Å². The van der Waals surface area contributed by atoms with Crippen molar-refractivity contribution in [2.24, 2.45) is 0 Å². The average Bonchev–Trinajstić information content (AvgIpc) is 3.03. The van der Waals surface area contributed by atoms with Crippen LogP contribution < -0.4 is 5.32 Å². The SMILES string of the molecule is N#Cc1ccc(C(=O)Nc2ccc3c(O)n(Cc4ccccc4)cc3c2)cc1. The summed E-state index contributed by atoms with van der Waals surface area (Å²) in [5.74, 6) is -0.0550. The Morgan fingerprint density at radius 1 is 1.04 bits per heavy atom. The third-order valence-corrected chi connectivity index (χ3v) is 4.59. The molecular weight excluding hydrogens is 350 g/mol. The molecule has 1 amide bonds. The summed E-state index contributed by atoms with van der Waals surface area (Å²) >= 11 is 0. The summed E-state index contributed by atoms with van der Waals surface area (Å²) in [6, 6.07) is 23.8. The first-order chi connectivity index (χ1) is 13.6. The summed E-state index contributed by atoms with van der Waals surface area (Å²) in [6.07, 6.45) is 1.87. The van der Waals surface area contributed by atoms with E-state index in [-0.39, 0.29) is 11.8 Å². The molecule has 0 aliphatic heterocycles. The molecule has 0 spiro atoms. The minimum atomic E-state index is -0.253. The van der Waals surface area contributed by atoms with Crippen molar-refractivity contribution in [1.82, 2.24) is 4.57 Å². The molecule has 3 aromatic carbocycles. The molecule has 1 aromatic heterocycles. The van der Waals surface area contributed by atoms with Gasteiger partial charge in [0.2, 0.25) is 0 Å². The van der Waals surface area contributed by atoms with E-state index in [1.165, 1.54) is 0 Å². The van der Waals surface area contributed by atoms with Crippen LogP contribution in [0.15, 0.2) is 79.0 Å². The summed E-state index contributed by atoms with van der Waals surface area (Å²) in [6.45, 7) is 0.564. The third kappa shape index (κ3) is 3.44. The van der Waals surface area contributed by atoms with Crippen molar-refractivity contribution in [3.05, 3.63) is 95.7 Å². The second kappa shape index (κ2) is 7.29. The van der Waals surface area contributed by atoms with Crippen LogP contribution in [0.1, 0.15) is 21.5 Å². The fourth-order valence-corrected chi connectivity index (χ4v) is 3.13. The lowest BCUT2D eigenvalue weighted by Gasteiger charge is -2.05. The lowest BCUT2D eigenvalue weighted by molar-refractivity contribution is 0.102. The van der Waals surface area contributed by atoms with E-state index in [4.69, 9.17) is 5.26 Å². The monoisotopic (exact) mass is 367 g/mol. The van der Waals surface area contributed by atoms with Gasteiger partial charge in [-0.3, -0.25) is 4.79 Å². The van der Waals surface area contributed by atoms with E-state index in [9.17, 15) is 9.90 Å². The zero-order valence-corrected chi connectivity index (χ0v) is 15.0. The van der Waals surface area contributed by atoms with Gasteiger partial charge in [0.15, 0.2) is 5.88 Å². The lowest BCUT2D eigenvalue weighted by Crippen LogP contribution is -2.11. The van der Waals surface area contributed by atoms with E-state index in [2.05, 4.69) is 5.32 Å². The van der Waals surface area contributed by atoms with Crippen LogP contribution in [0.5, 0.6) is 5.88 Å². The van der Waals surface area contributed by atoms with Gasteiger partial charge in [0.25, 0.3) is 5.91 Å². The van der Waals surface area contributed by atoms with Crippen LogP contribution in [-0.4, -0.2) is 15.6 Å². The van der Waals surface area contributed by atoms with Crippen LogP contribution in [0.25, 0.3) is 10.8 Å². The molecule has 0 aliphatic carbocycles. The predicted octanol–water partition coefficient (Wildman–Crippen LogP) is 4.52. The molecule has 136 valence electrons. The van der Waals surface area contributed by atoms with E-state index in [0.29, 0.717) is 23.4 Å². The van der Waals surface area contributed by atoms with Crippen molar-refractivity contribution in [2.45, 2.75) is 6.54 Å². The quantitative estimate of drug-likeness (QED) is 0.557. The first-order valence-corrected chi connectivity index (χ1v) is 8.81. The third-order valence-electron chi connectivity index (χ3n) is 4.59. The second-order valence-electron chi connectivity index (χ2n) is 6.51. The Bertz CT molecular complexity index is 1190. The molecule has 0 bridgehead atoms. The van der Waals surface area contributed by atoms with Gasteiger partial charge in [-0.2, -0.15) is 5.26 Å². The highest BCUT2D eigenvalue weighted by Gasteiger charge is 2.11. The molecule has 0 aliphatic rings. The maximum Gasteiger partial charge on any atom is 0.255 e. The first-order valence-electron chi connectivity index (χ1n) is 8.81. The minimum absolute atomic E-state index is 0.198.